The molecule has 0 saturated carbocycles. The van der Waals surface area contributed by atoms with Crippen LogP contribution in [0.4, 0.5) is 0 Å². The molecule has 1 aliphatic carbocycles. The van der Waals surface area contributed by atoms with Crippen molar-refractivity contribution in [3.05, 3.63) is 47.1 Å². The molecule has 6 heterocycles. The fourth-order valence-electron chi connectivity index (χ4n) is 11.0. The van der Waals surface area contributed by atoms with Gasteiger partial charge in [0.15, 0.2) is 18.4 Å². The van der Waals surface area contributed by atoms with E-state index in [1.807, 2.05) is 19.1 Å². The molecule has 1 spiro atoms. The fourth-order valence-corrected chi connectivity index (χ4v) is 11.0. The summed E-state index contributed by atoms with van der Waals surface area (Å²) in [7, 11) is 3.23. The molecule has 350 valence electrons. The van der Waals surface area contributed by atoms with Crippen molar-refractivity contribution in [3.8, 4) is 0 Å². The van der Waals surface area contributed by atoms with E-state index in [0.29, 0.717) is 61.5 Å². The largest absolute Gasteiger partial charge is 0.462 e. The first-order valence-corrected chi connectivity index (χ1v) is 23.2. The standard InChI is InChI=1S/C48H74O14/c1-11-25(2)43-28(5)17-18-47(62-43)23-34-20-33(61-47)16-15-27(4)42(26(3)13-12-14-32-24-55-45-40(49)29(6)19-35(46(51)58-34)48(32,45)52)59-39-22-37(54-10)44(31(8)57-39)60-38-21-36(53-9)41(50)30(7)56-38/h12-15,19,25-26,28,30-31,33-45,49-50,52H,11,16-18,20-24H2,1-10H3/b13-12+,27-15+,32-14+/t25-,26+,28-,30-,31-,33+,34+,35-,36-,37-,38+,39+,40+,41+,42+,43-,44+,45+,47+,48+/m0/s1. The van der Waals surface area contributed by atoms with E-state index in [9.17, 15) is 20.1 Å². The Morgan fingerprint density at radius 2 is 1.63 bits per heavy atom. The first-order chi connectivity index (χ1) is 29.5. The van der Waals surface area contributed by atoms with Crippen LogP contribution in [0, 0.1) is 23.7 Å². The highest BCUT2D eigenvalue weighted by atomic mass is 16.7. The Labute approximate surface area is 368 Å². The minimum Gasteiger partial charge on any atom is -0.462 e. The monoisotopic (exact) mass is 875 g/mol. The lowest BCUT2D eigenvalue weighted by Crippen LogP contribution is -2.58. The van der Waals surface area contributed by atoms with Crippen LogP contribution in [0.1, 0.15) is 107 Å². The summed E-state index contributed by atoms with van der Waals surface area (Å²) in [6.07, 6.45) is 6.53. The molecule has 14 heteroatoms. The van der Waals surface area contributed by atoms with Crippen LogP contribution in [0.3, 0.4) is 0 Å². The van der Waals surface area contributed by atoms with Crippen LogP contribution in [0.25, 0.3) is 0 Å². The summed E-state index contributed by atoms with van der Waals surface area (Å²) in [5.74, 6) is -2.10. The molecule has 5 saturated heterocycles. The molecule has 0 unspecified atom stereocenters. The van der Waals surface area contributed by atoms with Crippen LogP contribution < -0.4 is 0 Å². The van der Waals surface area contributed by atoms with Gasteiger partial charge in [-0.3, -0.25) is 4.79 Å². The highest BCUT2D eigenvalue weighted by Gasteiger charge is 2.60. The number of rotatable bonds is 8. The SMILES string of the molecule is CC[C@H](C)[C@@H]1O[C@]2(CC[C@@H]1C)C[C@H]1C[C@@H](C/C=C(\C)[C@H](O[C@@H]3C[C@H](OC)[C@H](O[C@@H]4C[C@H](OC)[C@H](O)[C@H](C)O4)[C@H](C)O3)[C@H](C)/C=C/C=C3\CO[C@@H]4[C@H](O)C(C)=C[C@@H](C(=O)O1)[C@]34O)O2. The number of allylic oxidation sites excluding steroid dienone is 2. The lowest BCUT2D eigenvalue weighted by molar-refractivity contribution is -0.340. The van der Waals surface area contributed by atoms with Crippen molar-refractivity contribution in [2.75, 3.05) is 20.8 Å². The Morgan fingerprint density at radius 1 is 0.919 bits per heavy atom. The molecular weight excluding hydrogens is 801 g/mol. The molecule has 6 aliphatic heterocycles. The minimum absolute atomic E-state index is 0.00708. The number of aliphatic hydroxyl groups is 3. The van der Waals surface area contributed by atoms with Gasteiger partial charge in [-0.15, -0.1) is 0 Å². The molecule has 7 aliphatic rings. The topological polar surface area (TPSA) is 170 Å². The summed E-state index contributed by atoms with van der Waals surface area (Å²) in [5.41, 5.74) is 0.188. The zero-order valence-corrected chi connectivity index (χ0v) is 38.5. The van der Waals surface area contributed by atoms with Crippen molar-refractivity contribution < 1.29 is 67.5 Å². The van der Waals surface area contributed by atoms with Crippen LogP contribution in [-0.2, 0) is 52.2 Å². The van der Waals surface area contributed by atoms with Crippen LogP contribution in [0.15, 0.2) is 47.1 Å². The molecule has 20 atom stereocenters. The maximum atomic E-state index is 14.4. The summed E-state index contributed by atoms with van der Waals surface area (Å²) in [6, 6.07) is 0. The van der Waals surface area contributed by atoms with Gasteiger partial charge in [-0.2, -0.15) is 0 Å². The molecule has 0 aromatic carbocycles. The molecule has 0 radical (unpaired) electrons. The van der Waals surface area contributed by atoms with Crippen LogP contribution in [0.5, 0.6) is 0 Å². The first kappa shape index (κ1) is 47.9. The number of hydrogen-bond donors (Lipinski definition) is 3. The van der Waals surface area contributed by atoms with Gasteiger partial charge in [0.1, 0.15) is 42.0 Å². The van der Waals surface area contributed by atoms with Crippen molar-refractivity contribution in [3.63, 3.8) is 0 Å². The molecular formula is C48H74O14. The highest BCUT2D eigenvalue weighted by Crippen LogP contribution is 2.48. The molecule has 2 bridgehead atoms. The lowest BCUT2D eigenvalue weighted by atomic mass is 9.71. The van der Waals surface area contributed by atoms with Crippen LogP contribution in [0.2, 0.25) is 0 Å². The van der Waals surface area contributed by atoms with Crippen molar-refractivity contribution in [2.24, 2.45) is 23.7 Å². The normalized spacial score (nSPS) is 49.4. The summed E-state index contributed by atoms with van der Waals surface area (Å²) >= 11 is 0. The van der Waals surface area contributed by atoms with Gasteiger partial charge >= 0.3 is 5.97 Å². The molecule has 14 nitrogen and oxygen atoms in total. The Balaban J connectivity index is 1.18. The fraction of sp³-hybridized carbons (Fsp3) is 0.812. The number of esters is 1. The highest BCUT2D eigenvalue weighted by molar-refractivity contribution is 5.78. The maximum absolute atomic E-state index is 14.4. The van der Waals surface area contributed by atoms with Gasteiger partial charge in [0, 0.05) is 52.2 Å². The molecule has 0 aromatic heterocycles. The van der Waals surface area contributed by atoms with E-state index in [1.54, 1.807) is 40.2 Å². The third-order valence-corrected chi connectivity index (χ3v) is 14.9. The van der Waals surface area contributed by atoms with Crippen molar-refractivity contribution >= 4 is 5.97 Å². The van der Waals surface area contributed by atoms with Crippen molar-refractivity contribution in [1.82, 2.24) is 0 Å². The Kier molecular flexibility index (Phi) is 15.3. The molecule has 62 heavy (non-hydrogen) atoms. The zero-order valence-electron chi connectivity index (χ0n) is 38.5. The van der Waals surface area contributed by atoms with E-state index in [-0.39, 0.29) is 30.8 Å². The van der Waals surface area contributed by atoms with Gasteiger partial charge in [0.05, 0.1) is 49.3 Å². The molecule has 5 fully saturated rings. The molecule has 0 amide bonds. The third kappa shape index (κ3) is 9.73. The van der Waals surface area contributed by atoms with Crippen LogP contribution in [-0.4, -0.2) is 139 Å². The Morgan fingerprint density at radius 3 is 2.35 bits per heavy atom. The van der Waals surface area contributed by atoms with Gasteiger partial charge < -0.3 is 62.7 Å². The smallest absolute Gasteiger partial charge is 0.316 e. The van der Waals surface area contributed by atoms with E-state index in [1.165, 1.54) is 0 Å². The summed E-state index contributed by atoms with van der Waals surface area (Å²) in [5, 5.41) is 34.2. The number of methoxy groups -OCH3 is 2. The van der Waals surface area contributed by atoms with E-state index in [2.05, 4.69) is 40.7 Å². The van der Waals surface area contributed by atoms with Gasteiger partial charge in [0.25, 0.3) is 0 Å². The number of hydrogen-bond acceptors (Lipinski definition) is 14. The number of carbonyl (C=O) groups is 1. The predicted octanol–water partition coefficient (Wildman–Crippen LogP) is 5.60. The molecule has 7 rings (SSSR count). The van der Waals surface area contributed by atoms with E-state index in [0.717, 1.165) is 18.4 Å². The number of carbonyl (C=O) groups excluding carboxylic acids is 1. The Bertz CT molecular complexity index is 1680. The second kappa shape index (κ2) is 19.8. The van der Waals surface area contributed by atoms with E-state index in [4.69, 9.17) is 47.4 Å². The van der Waals surface area contributed by atoms with E-state index >= 15 is 0 Å². The lowest BCUT2D eigenvalue weighted by Gasteiger charge is -2.51. The average Bonchev–Trinajstić information content (AvgIpc) is 3.58. The Hall–Kier alpha value is -2.05. The zero-order chi connectivity index (χ0) is 44.7. The first-order valence-electron chi connectivity index (χ1n) is 23.2. The minimum atomic E-state index is -1.82. The van der Waals surface area contributed by atoms with Crippen molar-refractivity contribution in [1.29, 1.82) is 0 Å². The number of aliphatic hydroxyl groups excluding tert-OH is 2. The van der Waals surface area contributed by atoms with Gasteiger partial charge in [0.2, 0.25) is 0 Å². The maximum Gasteiger partial charge on any atom is 0.316 e. The quantitative estimate of drug-likeness (QED) is 0.204. The summed E-state index contributed by atoms with van der Waals surface area (Å²) < 4.78 is 63.9. The molecule has 3 N–H and O–H groups in total. The number of fused-ring (bicyclic) bond motifs is 2. The van der Waals surface area contributed by atoms with Gasteiger partial charge in [-0.1, -0.05) is 64.5 Å². The average molecular weight is 875 g/mol. The predicted molar refractivity (Wildman–Crippen MR) is 227 cm³/mol. The number of ether oxygens (including phenoxy) is 10. The summed E-state index contributed by atoms with van der Waals surface area (Å²) in [4.78, 5) is 14.4. The van der Waals surface area contributed by atoms with Gasteiger partial charge in [-0.05, 0) is 69.1 Å². The van der Waals surface area contributed by atoms with Crippen LogP contribution >= 0.6 is 0 Å². The van der Waals surface area contributed by atoms with Gasteiger partial charge in [-0.25, -0.2) is 0 Å². The van der Waals surface area contributed by atoms with Crippen molar-refractivity contribution in [2.45, 2.75) is 204 Å². The molecule has 0 aromatic rings. The van der Waals surface area contributed by atoms with E-state index < -0.39 is 90.8 Å². The summed E-state index contributed by atoms with van der Waals surface area (Å²) in [6.45, 7) is 16.3. The second-order valence-electron chi connectivity index (χ2n) is 19.4. The second-order valence-corrected chi connectivity index (χ2v) is 19.4. The third-order valence-electron chi connectivity index (χ3n) is 14.9.